The van der Waals surface area contributed by atoms with E-state index in [1.807, 2.05) is 0 Å². The molecular weight excluding hydrogens is 460 g/mol. The molecule has 6 nitrogen and oxygen atoms in total. The standard InChI is InChI=1S/C28H29F2N5O/c1-4-19-7-10-22-21(16(19)2)11-12-24(22)33-17(3)26-13-25(34-27-23(30)15-32-35(26)27)28(36)31-14-18-5-8-20(29)9-6-18/h5-10,13,15,21-22,24,33H,3-4,11-12,14H2,1-2H3,(H,31,36). The van der Waals surface area contributed by atoms with Gasteiger partial charge in [-0.1, -0.05) is 43.4 Å². The van der Waals surface area contributed by atoms with E-state index in [-0.39, 0.29) is 29.7 Å². The van der Waals surface area contributed by atoms with Gasteiger partial charge < -0.3 is 10.6 Å². The molecule has 1 fully saturated rings. The van der Waals surface area contributed by atoms with Crippen LogP contribution in [0.3, 0.4) is 0 Å². The van der Waals surface area contributed by atoms with Crippen LogP contribution in [0.4, 0.5) is 8.78 Å². The Kier molecular flexibility index (Phi) is 6.43. The minimum absolute atomic E-state index is 0.0457. The molecular formula is C28H29F2N5O. The summed E-state index contributed by atoms with van der Waals surface area (Å²) in [7, 11) is 0. The molecule has 2 aromatic heterocycles. The highest BCUT2D eigenvalue weighted by atomic mass is 19.1. The van der Waals surface area contributed by atoms with Crippen LogP contribution in [-0.2, 0) is 6.54 Å². The minimum Gasteiger partial charge on any atom is -0.380 e. The smallest absolute Gasteiger partial charge is 0.270 e. The van der Waals surface area contributed by atoms with Crippen LogP contribution in [0.25, 0.3) is 11.3 Å². The first-order valence-corrected chi connectivity index (χ1v) is 12.3. The first-order valence-electron chi connectivity index (χ1n) is 12.3. The minimum atomic E-state index is -0.624. The second-order valence-corrected chi connectivity index (χ2v) is 9.48. The number of benzene rings is 1. The molecule has 36 heavy (non-hydrogen) atoms. The lowest BCUT2D eigenvalue weighted by atomic mass is 9.80. The van der Waals surface area contributed by atoms with Crippen LogP contribution >= 0.6 is 0 Å². The summed E-state index contributed by atoms with van der Waals surface area (Å²) in [5.41, 5.74) is 4.64. The van der Waals surface area contributed by atoms with Gasteiger partial charge in [0.15, 0.2) is 11.5 Å². The number of allylic oxidation sites excluding steroid dienone is 3. The van der Waals surface area contributed by atoms with E-state index in [2.05, 4.69) is 53.3 Å². The summed E-state index contributed by atoms with van der Waals surface area (Å²) >= 11 is 0. The highest BCUT2D eigenvalue weighted by Gasteiger charge is 2.37. The first-order chi connectivity index (χ1) is 17.4. The molecule has 2 aliphatic carbocycles. The van der Waals surface area contributed by atoms with Gasteiger partial charge in [0, 0.05) is 18.5 Å². The van der Waals surface area contributed by atoms with Gasteiger partial charge in [0.2, 0.25) is 0 Å². The molecule has 2 heterocycles. The summed E-state index contributed by atoms with van der Waals surface area (Å²) in [6, 6.07) is 7.58. The Bertz CT molecular complexity index is 1390. The average Bonchev–Trinajstić information content (AvgIpc) is 3.47. The van der Waals surface area contributed by atoms with E-state index in [4.69, 9.17) is 0 Å². The molecule has 5 rings (SSSR count). The predicted molar refractivity (Wildman–Crippen MR) is 135 cm³/mol. The van der Waals surface area contributed by atoms with E-state index in [0.717, 1.165) is 31.0 Å². The summed E-state index contributed by atoms with van der Waals surface area (Å²) in [5.74, 6) is -0.593. The zero-order valence-corrected chi connectivity index (χ0v) is 20.4. The maximum atomic E-state index is 14.5. The van der Waals surface area contributed by atoms with Crippen LogP contribution in [0, 0.1) is 23.5 Å². The van der Waals surface area contributed by atoms with Crippen molar-refractivity contribution in [1.29, 1.82) is 0 Å². The van der Waals surface area contributed by atoms with Gasteiger partial charge in [-0.15, -0.1) is 0 Å². The van der Waals surface area contributed by atoms with Crippen molar-refractivity contribution < 1.29 is 13.6 Å². The summed E-state index contributed by atoms with van der Waals surface area (Å²) in [6.07, 6.45) is 8.71. The summed E-state index contributed by atoms with van der Waals surface area (Å²) in [6.45, 7) is 8.81. The van der Waals surface area contributed by atoms with Crippen LogP contribution in [0.1, 0.15) is 54.9 Å². The Hall–Kier alpha value is -3.81. The van der Waals surface area contributed by atoms with Gasteiger partial charge in [0.25, 0.3) is 5.91 Å². The van der Waals surface area contributed by atoms with E-state index in [1.54, 1.807) is 18.2 Å². The molecule has 0 aliphatic heterocycles. The van der Waals surface area contributed by atoms with Crippen molar-refractivity contribution in [3.8, 4) is 0 Å². The van der Waals surface area contributed by atoms with Gasteiger partial charge in [-0.3, -0.25) is 4.79 Å². The second kappa shape index (κ2) is 9.68. The molecule has 2 N–H and O–H groups in total. The van der Waals surface area contributed by atoms with Gasteiger partial charge in [0.1, 0.15) is 11.5 Å². The Morgan fingerprint density at radius 1 is 1.22 bits per heavy atom. The van der Waals surface area contributed by atoms with Crippen LogP contribution in [0.2, 0.25) is 0 Å². The molecule has 1 amide bonds. The molecule has 2 aliphatic rings. The molecule has 1 aromatic carbocycles. The fourth-order valence-electron chi connectivity index (χ4n) is 5.40. The van der Waals surface area contributed by atoms with Gasteiger partial charge >= 0.3 is 0 Å². The second-order valence-electron chi connectivity index (χ2n) is 9.48. The molecule has 3 unspecified atom stereocenters. The summed E-state index contributed by atoms with van der Waals surface area (Å²) in [5, 5.41) is 10.4. The molecule has 8 heteroatoms. The Morgan fingerprint density at radius 2 is 2.00 bits per heavy atom. The van der Waals surface area contributed by atoms with Gasteiger partial charge in [0.05, 0.1) is 17.6 Å². The van der Waals surface area contributed by atoms with Crippen molar-refractivity contribution in [2.75, 3.05) is 0 Å². The number of aromatic nitrogens is 3. The quantitative estimate of drug-likeness (QED) is 0.479. The third-order valence-corrected chi connectivity index (χ3v) is 7.38. The van der Waals surface area contributed by atoms with Crippen LogP contribution in [-0.4, -0.2) is 26.5 Å². The van der Waals surface area contributed by atoms with E-state index in [9.17, 15) is 13.6 Å². The van der Waals surface area contributed by atoms with Crippen molar-refractivity contribution >= 4 is 17.3 Å². The van der Waals surface area contributed by atoms with Crippen molar-refractivity contribution in [3.05, 3.63) is 95.0 Å². The molecule has 3 aromatic rings. The zero-order chi connectivity index (χ0) is 25.4. The number of carbonyl (C=O) groups excluding carboxylic acids is 1. The molecule has 0 radical (unpaired) electrons. The monoisotopic (exact) mass is 489 g/mol. The van der Waals surface area contributed by atoms with E-state index in [0.29, 0.717) is 23.2 Å². The number of nitrogens with zero attached hydrogens (tertiary/aromatic N) is 3. The molecule has 0 spiro atoms. The maximum absolute atomic E-state index is 14.5. The summed E-state index contributed by atoms with van der Waals surface area (Å²) in [4.78, 5) is 17.1. The summed E-state index contributed by atoms with van der Waals surface area (Å²) < 4.78 is 29.0. The highest BCUT2D eigenvalue weighted by Crippen LogP contribution is 2.43. The first kappa shape index (κ1) is 23.9. The number of nitrogens with one attached hydrogen (secondary N) is 2. The third-order valence-electron chi connectivity index (χ3n) is 7.38. The number of carbonyl (C=O) groups is 1. The fraction of sp³-hybridized carbons (Fsp3) is 0.321. The Labute approximate surface area is 208 Å². The lowest BCUT2D eigenvalue weighted by Crippen LogP contribution is -2.34. The fourth-order valence-corrected chi connectivity index (χ4v) is 5.40. The number of hydrogen-bond acceptors (Lipinski definition) is 4. The predicted octanol–water partition coefficient (Wildman–Crippen LogP) is 5.19. The van der Waals surface area contributed by atoms with Gasteiger partial charge in [-0.25, -0.2) is 18.3 Å². The lowest BCUT2D eigenvalue weighted by Gasteiger charge is -2.29. The van der Waals surface area contributed by atoms with E-state index >= 15 is 0 Å². The largest absolute Gasteiger partial charge is 0.380 e. The van der Waals surface area contributed by atoms with Crippen molar-refractivity contribution in [2.24, 2.45) is 11.8 Å². The normalized spacial score (nSPS) is 21.1. The maximum Gasteiger partial charge on any atom is 0.270 e. The van der Waals surface area contributed by atoms with Gasteiger partial charge in [-0.2, -0.15) is 5.10 Å². The van der Waals surface area contributed by atoms with Crippen LogP contribution in [0.5, 0.6) is 0 Å². The van der Waals surface area contributed by atoms with E-state index in [1.165, 1.54) is 27.8 Å². The molecule has 186 valence electrons. The van der Waals surface area contributed by atoms with Crippen molar-refractivity contribution in [3.63, 3.8) is 0 Å². The lowest BCUT2D eigenvalue weighted by molar-refractivity contribution is 0.0946. The number of fused-ring (bicyclic) bond motifs is 2. The third kappa shape index (κ3) is 4.43. The topological polar surface area (TPSA) is 71.3 Å². The SMILES string of the molecule is C=C(NC1CCC2C(C)=C(CC)C=CC12)c1cc(C(=O)NCc2ccc(F)cc2)nc2c(F)cnn12. The number of amides is 1. The molecule has 1 saturated carbocycles. The van der Waals surface area contributed by atoms with Crippen LogP contribution in [0.15, 0.2) is 66.4 Å². The zero-order valence-electron chi connectivity index (χ0n) is 20.4. The number of rotatable bonds is 7. The van der Waals surface area contributed by atoms with Crippen LogP contribution < -0.4 is 10.6 Å². The Balaban J connectivity index is 1.37. The van der Waals surface area contributed by atoms with Crippen molar-refractivity contribution in [2.45, 2.75) is 45.7 Å². The average molecular weight is 490 g/mol. The van der Waals surface area contributed by atoms with Crippen molar-refractivity contribution in [1.82, 2.24) is 25.2 Å². The highest BCUT2D eigenvalue weighted by molar-refractivity contribution is 5.93. The Morgan fingerprint density at radius 3 is 2.75 bits per heavy atom. The molecule has 0 bridgehead atoms. The van der Waals surface area contributed by atoms with E-state index < -0.39 is 11.7 Å². The molecule has 3 atom stereocenters. The number of hydrogen-bond donors (Lipinski definition) is 2. The molecule has 0 saturated heterocycles. The van der Waals surface area contributed by atoms with Gasteiger partial charge in [-0.05, 0) is 61.4 Å². The number of halogens is 2.